The average molecular weight is 406 g/mol. The van der Waals surface area contributed by atoms with Crippen LogP contribution in [0.2, 0.25) is 0 Å². The number of piperazine rings is 1. The molecule has 30 heavy (non-hydrogen) atoms. The van der Waals surface area contributed by atoms with Gasteiger partial charge in [0.15, 0.2) is 0 Å². The van der Waals surface area contributed by atoms with Gasteiger partial charge in [0.1, 0.15) is 5.82 Å². The first-order chi connectivity index (χ1) is 14.7. The third-order valence-electron chi connectivity index (χ3n) is 5.01. The molecule has 8 nitrogen and oxygen atoms in total. The van der Waals surface area contributed by atoms with Gasteiger partial charge in [0.05, 0.1) is 6.61 Å². The van der Waals surface area contributed by atoms with Crippen LogP contribution in [0.1, 0.15) is 5.82 Å². The highest BCUT2D eigenvalue weighted by molar-refractivity contribution is 5.64. The molecule has 156 valence electrons. The zero-order valence-electron chi connectivity index (χ0n) is 17.1. The number of aryl methyl sites for hydroxylation is 1. The van der Waals surface area contributed by atoms with Crippen molar-refractivity contribution >= 4 is 29.0 Å². The lowest BCUT2D eigenvalue weighted by Crippen LogP contribution is -2.47. The summed E-state index contributed by atoms with van der Waals surface area (Å²) in [6.45, 7) is 6.25. The lowest BCUT2D eigenvalue weighted by atomic mass is 10.2. The van der Waals surface area contributed by atoms with Gasteiger partial charge in [-0.1, -0.05) is 18.2 Å². The molecule has 1 fully saturated rings. The van der Waals surface area contributed by atoms with E-state index in [2.05, 4.69) is 35.4 Å². The first kappa shape index (κ1) is 20.1. The fourth-order valence-electron chi connectivity index (χ4n) is 3.43. The second-order valence-electron chi connectivity index (χ2n) is 7.25. The Labute approximate surface area is 176 Å². The van der Waals surface area contributed by atoms with Crippen LogP contribution in [0.15, 0.2) is 54.6 Å². The predicted octanol–water partition coefficient (Wildman–Crippen LogP) is 2.78. The van der Waals surface area contributed by atoms with E-state index in [1.54, 1.807) is 0 Å². The molecule has 1 aliphatic heterocycles. The minimum atomic E-state index is 0.193. The summed E-state index contributed by atoms with van der Waals surface area (Å²) in [5.74, 6) is 1.91. The van der Waals surface area contributed by atoms with Crippen LogP contribution in [0, 0.1) is 6.92 Å². The van der Waals surface area contributed by atoms with Gasteiger partial charge in [-0.2, -0.15) is 15.0 Å². The Balaban J connectivity index is 1.41. The molecule has 3 aromatic rings. The summed E-state index contributed by atoms with van der Waals surface area (Å²) in [6.07, 6.45) is 0. The van der Waals surface area contributed by atoms with Gasteiger partial charge < -0.3 is 20.6 Å². The third-order valence-corrected chi connectivity index (χ3v) is 5.01. The van der Waals surface area contributed by atoms with E-state index in [9.17, 15) is 0 Å². The van der Waals surface area contributed by atoms with Crippen molar-refractivity contribution in [3.8, 4) is 0 Å². The van der Waals surface area contributed by atoms with Crippen molar-refractivity contribution in [2.75, 3.05) is 54.9 Å². The van der Waals surface area contributed by atoms with E-state index in [0.717, 1.165) is 43.2 Å². The molecule has 0 aliphatic carbocycles. The van der Waals surface area contributed by atoms with E-state index in [1.165, 1.54) is 0 Å². The minimum Gasteiger partial charge on any atom is -0.395 e. The molecule has 2 aromatic carbocycles. The Kier molecular flexibility index (Phi) is 6.36. The highest BCUT2D eigenvalue weighted by Crippen LogP contribution is 2.21. The molecule has 0 atom stereocenters. The number of hydrogen-bond donors (Lipinski definition) is 3. The summed E-state index contributed by atoms with van der Waals surface area (Å²) in [6, 6.07) is 18.1. The Morgan fingerprint density at radius 2 is 1.43 bits per heavy atom. The number of hydrogen-bond acceptors (Lipinski definition) is 8. The lowest BCUT2D eigenvalue weighted by Gasteiger charge is -2.34. The van der Waals surface area contributed by atoms with Gasteiger partial charge in [-0.15, -0.1) is 0 Å². The van der Waals surface area contributed by atoms with Crippen molar-refractivity contribution in [1.82, 2.24) is 19.9 Å². The molecule has 0 unspecified atom stereocenters. The first-order valence-corrected chi connectivity index (χ1v) is 10.2. The van der Waals surface area contributed by atoms with Gasteiger partial charge in [0, 0.05) is 49.8 Å². The molecule has 1 aliphatic rings. The monoisotopic (exact) mass is 405 g/mol. The van der Waals surface area contributed by atoms with Gasteiger partial charge in [0.25, 0.3) is 0 Å². The number of nitrogens with one attached hydrogen (secondary N) is 2. The van der Waals surface area contributed by atoms with E-state index >= 15 is 0 Å². The SMILES string of the molecule is Cc1nc(Nc2ccc(Nc3ccccc3)cc2)nc(N2CCN(CCO)CC2)n1. The zero-order valence-corrected chi connectivity index (χ0v) is 17.1. The van der Waals surface area contributed by atoms with Crippen molar-refractivity contribution in [1.29, 1.82) is 0 Å². The van der Waals surface area contributed by atoms with E-state index in [-0.39, 0.29) is 6.61 Å². The Bertz CT molecular complexity index is 941. The van der Waals surface area contributed by atoms with Gasteiger partial charge in [-0.25, -0.2) is 0 Å². The van der Waals surface area contributed by atoms with Gasteiger partial charge >= 0.3 is 0 Å². The second-order valence-corrected chi connectivity index (χ2v) is 7.25. The topological polar surface area (TPSA) is 89.4 Å². The van der Waals surface area contributed by atoms with Crippen LogP contribution in [0.4, 0.5) is 29.0 Å². The van der Waals surface area contributed by atoms with Gasteiger partial charge in [-0.3, -0.25) is 4.90 Å². The van der Waals surface area contributed by atoms with E-state index in [1.807, 2.05) is 61.5 Å². The number of aliphatic hydroxyl groups is 1. The van der Waals surface area contributed by atoms with Crippen molar-refractivity contribution in [2.45, 2.75) is 6.92 Å². The number of nitrogens with zero attached hydrogens (tertiary/aromatic N) is 5. The van der Waals surface area contributed by atoms with E-state index in [4.69, 9.17) is 5.11 Å². The molecule has 0 spiro atoms. The smallest absolute Gasteiger partial charge is 0.232 e. The molecular formula is C22H27N7O. The molecule has 0 bridgehead atoms. The minimum absolute atomic E-state index is 0.193. The van der Waals surface area contributed by atoms with E-state index in [0.29, 0.717) is 24.3 Å². The van der Waals surface area contributed by atoms with Crippen LogP contribution in [0.5, 0.6) is 0 Å². The normalized spacial score (nSPS) is 14.5. The number of para-hydroxylation sites is 1. The van der Waals surface area contributed by atoms with Gasteiger partial charge in [0.2, 0.25) is 11.9 Å². The lowest BCUT2D eigenvalue weighted by molar-refractivity contribution is 0.188. The first-order valence-electron chi connectivity index (χ1n) is 10.2. The molecule has 2 heterocycles. The molecule has 0 radical (unpaired) electrons. The standard InChI is InChI=1S/C22H27N7O/c1-17-23-21(27-22(24-17)29-13-11-28(12-14-29)15-16-30)26-20-9-7-19(8-10-20)25-18-5-3-2-4-6-18/h2-10,25,30H,11-16H2,1H3,(H,23,24,26,27). The maximum absolute atomic E-state index is 9.10. The van der Waals surface area contributed by atoms with Crippen LogP contribution < -0.4 is 15.5 Å². The van der Waals surface area contributed by atoms with Crippen molar-refractivity contribution in [2.24, 2.45) is 0 Å². The quantitative estimate of drug-likeness (QED) is 0.553. The van der Waals surface area contributed by atoms with Crippen LogP contribution in [-0.4, -0.2) is 64.3 Å². The molecule has 8 heteroatoms. The maximum Gasteiger partial charge on any atom is 0.232 e. The van der Waals surface area contributed by atoms with Crippen molar-refractivity contribution in [3.05, 3.63) is 60.4 Å². The molecule has 4 rings (SSSR count). The van der Waals surface area contributed by atoms with E-state index < -0.39 is 0 Å². The molecular weight excluding hydrogens is 378 g/mol. The Hall–Kier alpha value is -3.23. The Morgan fingerprint density at radius 1 is 0.800 bits per heavy atom. The summed E-state index contributed by atoms with van der Waals surface area (Å²) >= 11 is 0. The second kappa shape index (κ2) is 9.51. The summed E-state index contributed by atoms with van der Waals surface area (Å²) < 4.78 is 0. The highest BCUT2D eigenvalue weighted by Gasteiger charge is 2.19. The summed E-state index contributed by atoms with van der Waals surface area (Å²) in [7, 11) is 0. The fraction of sp³-hybridized carbons (Fsp3) is 0.318. The predicted molar refractivity (Wildman–Crippen MR) is 120 cm³/mol. The van der Waals surface area contributed by atoms with Gasteiger partial charge in [-0.05, 0) is 43.3 Å². The number of anilines is 5. The fourth-order valence-corrected chi connectivity index (χ4v) is 3.43. The van der Waals surface area contributed by atoms with Crippen LogP contribution in [-0.2, 0) is 0 Å². The number of aliphatic hydroxyl groups excluding tert-OH is 1. The average Bonchev–Trinajstić information content (AvgIpc) is 2.76. The van der Waals surface area contributed by atoms with Crippen LogP contribution in [0.3, 0.4) is 0 Å². The number of β-amino-alcohol motifs (C(OH)–C–C–N with tert-alkyl or cyclic N) is 1. The highest BCUT2D eigenvalue weighted by atomic mass is 16.3. The molecule has 0 amide bonds. The number of benzene rings is 2. The summed E-state index contributed by atoms with van der Waals surface area (Å²) in [4.78, 5) is 18.0. The maximum atomic E-state index is 9.10. The largest absolute Gasteiger partial charge is 0.395 e. The molecule has 0 saturated carbocycles. The summed E-state index contributed by atoms with van der Waals surface area (Å²) in [5, 5.41) is 15.8. The molecule has 1 aromatic heterocycles. The summed E-state index contributed by atoms with van der Waals surface area (Å²) in [5.41, 5.74) is 2.98. The third kappa shape index (κ3) is 5.22. The molecule has 3 N–H and O–H groups in total. The number of rotatable bonds is 7. The molecule has 1 saturated heterocycles. The van der Waals surface area contributed by atoms with Crippen LogP contribution >= 0.6 is 0 Å². The number of aromatic nitrogens is 3. The van der Waals surface area contributed by atoms with Crippen LogP contribution in [0.25, 0.3) is 0 Å². The van der Waals surface area contributed by atoms with Crippen molar-refractivity contribution in [3.63, 3.8) is 0 Å². The van der Waals surface area contributed by atoms with Crippen molar-refractivity contribution < 1.29 is 5.11 Å². The Morgan fingerprint density at radius 3 is 2.10 bits per heavy atom. The zero-order chi connectivity index (χ0) is 20.8.